The van der Waals surface area contributed by atoms with E-state index in [9.17, 15) is 0 Å². The van der Waals surface area contributed by atoms with Crippen molar-refractivity contribution in [3.05, 3.63) is 24.4 Å². The SMILES string of the molecule is C1=C(c2ncco2)C2CCC1C2. The van der Waals surface area contributed by atoms with Crippen LogP contribution in [0.2, 0.25) is 0 Å². The molecule has 62 valence electrons. The van der Waals surface area contributed by atoms with Crippen molar-refractivity contribution in [2.24, 2.45) is 11.8 Å². The molecule has 0 radical (unpaired) electrons. The van der Waals surface area contributed by atoms with Crippen molar-refractivity contribution >= 4 is 5.57 Å². The first-order chi connectivity index (χ1) is 5.93. The summed E-state index contributed by atoms with van der Waals surface area (Å²) >= 11 is 0. The van der Waals surface area contributed by atoms with Crippen LogP contribution in [0, 0.1) is 11.8 Å². The minimum absolute atomic E-state index is 0.744. The van der Waals surface area contributed by atoms with E-state index in [4.69, 9.17) is 4.42 Å². The molecule has 2 aliphatic carbocycles. The number of aromatic nitrogens is 1. The third kappa shape index (κ3) is 0.779. The molecule has 1 fully saturated rings. The molecule has 2 atom stereocenters. The predicted molar refractivity (Wildman–Crippen MR) is 45.3 cm³/mol. The second kappa shape index (κ2) is 2.22. The molecule has 1 aromatic heterocycles. The van der Waals surface area contributed by atoms with Gasteiger partial charge in [0.05, 0.1) is 6.20 Å². The van der Waals surface area contributed by atoms with Gasteiger partial charge in [0.2, 0.25) is 5.89 Å². The first kappa shape index (κ1) is 6.46. The maximum atomic E-state index is 5.29. The minimum atomic E-state index is 0.744. The van der Waals surface area contributed by atoms with Gasteiger partial charge >= 0.3 is 0 Å². The number of oxazole rings is 1. The number of hydrogen-bond acceptors (Lipinski definition) is 2. The van der Waals surface area contributed by atoms with Crippen LogP contribution in [0.25, 0.3) is 5.57 Å². The molecule has 0 amide bonds. The largest absolute Gasteiger partial charge is 0.445 e. The quantitative estimate of drug-likeness (QED) is 0.632. The van der Waals surface area contributed by atoms with E-state index in [-0.39, 0.29) is 0 Å². The Balaban J connectivity index is 2.00. The van der Waals surface area contributed by atoms with E-state index in [2.05, 4.69) is 11.1 Å². The summed E-state index contributed by atoms with van der Waals surface area (Å²) in [5.41, 5.74) is 1.36. The van der Waals surface area contributed by atoms with Gasteiger partial charge in [-0.1, -0.05) is 6.08 Å². The van der Waals surface area contributed by atoms with E-state index in [1.807, 2.05) is 0 Å². The van der Waals surface area contributed by atoms with Gasteiger partial charge in [-0.3, -0.25) is 0 Å². The Bertz CT molecular complexity index is 313. The maximum absolute atomic E-state index is 5.29. The Hall–Kier alpha value is -1.05. The molecule has 0 aromatic carbocycles. The molecule has 1 aromatic rings. The molecule has 2 nitrogen and oxygen atoms in total. The van der Waals surface area contributed by atoms with Gasteiger partial charge in [0.15, 0.2) is 0 Å². The van der Waals surface area contributed by atoms with Gasteiger partial charge in [0.25, 0.3) is 0 Å². The summed E-state index contributed by atoms with van der Waals surface area (Å²) in [5.74, 6) is 2.41. The van der Waals surface area contributed by atoms with Crippen LogP contribution < -0.4 is 0 Å². The number of hydrogen-bond donors (Lipinski definition) is 0. The van der Waals surface area contributed by atoms with E-state index >= 15 is 0 Å². The van der Waals surface area contributed by atoms with Gasteiger partial charge in [-0.15, -0.1) is 0 Å². The van der Waals surface area contributed by atoms with Gasteiger partial charge in [-0.2, -0.15) is 0 Å². The first-order valence-corrected chi connectivity index (χ1v) is 4.55. The predicted octanol–water partition coefficient (Wildman–Crippen LogP) is 2.49. The zero-order valence-corrected chi connectivity index (χ0v) is 6.86. The highest BCUT2D eigenvalue weighted by Crippen LogP contribution is 2.47. The summed E-state index contributed by atoms with van der Waals surface area (Å²) in [6, 6.07) is 0. The lowest BCUT2D eigenvalue weighted by Crippen LogP contribution is -1.96. The first-order valence-electron chi connectivity index (χ1n) is 4.55. The van der Waals surface area contributed by atoms with Crippen molar-refractivity contribution in [2.75, 3.05) is 0 Å². The van der Waals surface area contributed by atoms with Crippen LogP contribution >= 0.6 is 0 Å². The van der Waals surface area contributed by atoms with E-state index in [1.54, 1.807) is 12.5 Å². The summed E-state index contributed by atoms with van der Waals surface area (Å²) in [6.45, 7) is 0. The van der Waals surface area contributed by atoms with Gasteiger partial charge < -0.3 is 4.42 Å². The second-order valence-electron chi connectivity index (χ2n) is 3.73. The van der Waals surface area contributed by atoms with Crippen molar-refractivity contribution in [1.82, 2.24) is 4.98 Å². The van der Waals surface area contributed by atoms with Gasteiger partial charge in [0, 0.05) is 5.57 Å². The lowest BCUT2D eigenvalue weighted by molar-refractivity contribution is 0.528. The summed E-state index contributed by atoms with van der Waals surface area (Å²) in [6.07, 6.45) is 9.76. The summed E-state index contributed by atoms with van der Waals surface area (Å²) < 4.78 is 5.29. The number of fused-ring (bicyclic) bond motifs is 2. The average molecular weight is 161 g/mol. The van der Waals surface area contributed by atoms with Crippen molar-refractivity contribution < 1.29 is 4.42 Å². The molecule has 3 rings (SSSR count). The second-order valence-corrected chi connectivity index (χ2v) is 3.73. The van der Waals surface area contributed by atoms with Crippen molar-refractivity contribution in [3.63, 3.8) is 0 Å². The van der Waals surface area contributed by atoms with Crippen LogP contribution in [0.3, 0.4) is 0 Å². The molecule has 0 saturated heterocycles. The molecule has 2 bridgehead atoms. The highest BCUT2D eigenvalue weighted by molar-refractivity contribution is 5.64. The highest BCUT2D eigenvalue weighted by Gasteiger charge is 2.34. The molecular formula is C10H11NO. The summed E-state index contributed by atoms with van der Waals surface area (Å²) in [7, 11) is 0. The van der Waals surface area contributed by atoms with Gasteiger partial charge in [-0.05, 0) is 31.1 Å². The van der Waals surface area contributed by atoms with Crippen LogP contribution in [0.1, 0.15) is 25.2 Å². The zero-order valence-electron chi connectivity index (χ0n) is 6.86. The van der Waals surface area contributed by atoms with Gasteiger partial charge in [-0.25, -0.2) is 4.98 Å². The van der Waals surface area contributed by atoms with Crippen molar-refractivity contribution in [3.8, 4) is 0 Å². The third-order valence-electron chi connectivity index (χ3n) is 3.01. The lowest BCUT2D eigenvalue weighted by atomic mass is 9.99. The zero-order chi connectivity index (χ0) is 7.97. The lowest BCUT2D eigenvalue weighted by Gasteiger charge is -2.08. The molecule has 1 heterocycles. The molecule has 2 heteroatoms. The monoisotopic (exact) mass is 161 g/mol. The molecule has 1 saturated carbocycles. The maximum Gasteiger partial charge on any atom is 0.221 e. The topological polar surface area (TPSA) is 26.0 Å². The number of nitrogens with zero attached hydrogens (tertiary/aromatic N) is 1. The fraction of sp³-hybridized carbons (Fsp3) is 0.500. The molecule has 0 N–H and O–H groups in total. The average Bonchev–Trinajstić information content (AvgIpc) is 2.81. The normalized spacial score (nSPS) is 32.5. The molecule has 0 aliphatic heterocycles. The highest BCUT2D eigenvalue weighted by atomic mass is 16.3. The van der Waals surface area contributed by atoms with Crippen LogP contribution in [0.5, 0.6) is 0 Å². The molecule has 2 aliphatic rings. The standard InChI is InChI=1S/C10H11NO/c1-2-8-5-7(1)6-9(8)10-11-3-4-12-10/h3-4,6-8H,1-2,5H2. The molecular weight excluding hydrogens is 150 g/mol. The van der Waals surface area contributed by atoms with Gasteiger partial charge in [0.1, 0.15) is 6.26 Å². The van der Waals surface area contributed by atoms with E-state index in [1.165, 1.54) is 24.8 Å². The molecule has 12 heavy (non-hydrogen) atoms. The Kier molecular flexibility index (Phi) is 1.20. The fourth-order valence-corrected chi connectivity index (χ4v) is 2.45. The summed E-state index contributed by atoms with van der Waals surface area (Å²) in [4.78, 5) is 4.18. The van der Waals surface area contributed by atoms with Crippen LogP contribution in [-0.2, 0) is 0 Å². The smallest absolute Gasteiger partial charge is 0.221 e. The number of rotatable bonds is 1. The Morgan fingerprint density at radius 2 is 2.42 bits per heavy atom. The van der Waals surface area contributed by atoms with E-state index in [0.29, 0.717) is 0 Å². The Morgan fingerprint density at radius 1 is 1.42 bits per heavy atom. The van der Waals surface area contributed by atoms with Crippen LogP contribution in [0.4, 0.5) is 0 Å². The minimum Gasteiger partial charge on any atom is -0.445 e. The number of allylic oxidation sites excluding steroid dienone is 2. The van der Waals surface area contributed by atoms with E-state index < -0.39 is 0 Å². The molecule has 2 unspecified atom stereocenters. The van der Waals surface area contributed by atoms with Crippen LogP contribution in [0.15, 0.2) is 23.0 Å². The fourth-order valence-electron chi connectivity index (χ4n) is 2.45. The third-order valence-corrected chi connectivity index (χ3v) is 3.01. The molecule has 0 spiro atoms. The van der Waals surface area contributed by atoms with Crippen molar-refractivity contribution in [2.45, 2.75) is 19.3 Å². The Labute approximate surface area is 71.3 Å². The Morgan fingerprint density at radius 3 is 3.00 bits per heavy atom. The summed E-state index contributed by atoms with van der Waals surface area (Å²) in [5, 5.41) is 0. The van der Waals surface area contributed by atoms with Crippen molar-refractivity contribution in [1.29, 1.82) is 0 Å². The van der Waals surface area contributed by atoms with Crippen LogP contribution in [-0.4, -0.2) is 4.98 Å². The van der Waals surface area contributed by atoms with E-state index in [0.717, 1.165) is 17.7 Å².